The molecule has 8 nitrogen and oxygen atoms in total. The van der Waals surface area contributed by atoms with Crippen LogP contribution in [0, 0.1) is 5.82 Å². The van der Waals surface area contributed by atoms with Crippen molar-refractivity contribution in [2.45, 2.75) is 43.5 Å². The zero-order valence-electron chi connectivity index (χ0n) is 26.7. The molecule has 7 rings (SSSR count). The predicted octanol–water partition coefficient (Wildman–Crippen LogP) is 6.14. The normalized spacial score (nSPS) is 20.0. The SMILES string of the molecule is CC1(C)OC2[C@H](O1)C(COC(c1ccccc1)(c1ccccc1)c1ccccc1)=C(F)[C@H]2n1cc(F)c(=O)n(C(=O)c2ccccc2)c1=O. The second-order valence-electron chi connectivity index (χ2n) is 12.4. The maximum absolute atomic E-state index is 16.9. The Bertz CT molecular complexity index is 2050. The molecule has 1 aromatic heterocycles. The molecule has 0 bridgehead atoms. The number of halogens is 2. The lowest BCUT2D eigenvalue weighted by Crippen LogP contribution is -2.47. The van der Waals surface area contributed by atoms with Crippen molar-refractivity contribution < 1.29 is 27.8 Å². The molecule has 10 heteroatoms. The summed E-state index contributed by atoms with van der Waals surface area (Å²) in [5.74, 6) is -4.53. The molecule has 5 aromatic rings. The minimum atomic E-state index is -1.57. The highest BCUT2D eigenvalue weighted by Gasteiger charge is 2.56. The largest absolute Gasteiger partial charge is 0.356 e. The summed E-state index contributed by atoms with van der Waals surface area (Å²) < 4.78 is 52.3. The van der Waals surface area contributed by atoms with Crippen LogP contribution in [-0.2, 0) is 19.8 Å². The van der Waals surface area contributed by atoms with Crippen LogP contribution in [0.3, 0.4) is 0 Å². The molecule has 4 aromatic carbocycles. The van der Waals surface area contributed by atoms with Gasteiger partial charge in [0.1, 0.15) is 29.7 Å². The molecular formula is C39H32F2N2O6. The van der Waals surface area contributed by atoms with Crippen LogP contribution in [-0.4, -0.2) is 39.6 Å². The first-order valence-electron chi connectivity index (χ1n) is 15.8. The fourth-order valence-electron chi connectivity index (χ4n) is 6.78. The van der Waals surface area contributed by atoms with Crippen molar-refractivity contribution in [3.8, 4) is 0 Å². The molecule has 3 atom stereocenters. The zero-order chi connectivity index (χ0) is 34.3. The van der Waals surface area contributed by atoms with Gasteiger partial charge in [0.2, 0.25) is 5.82 Å². The Morgan fingerprint density at radius 1 is 0.776 bits per heavy atom. The van der Waals surface area contributed by atoms with Crippen molar-refractivity contribution >= 4 is 5.91 Å². The van der Waals surface area contributed by atoms with Gasteiger partial charge in [0.05, 0.1) is 12.8 Å². The lowest BCUT2D eigenvalue weighted by molar-refractivity contribution is -0.150. The molecule has 1 aliphatic heterocycles. The number of ether oxygens (including phenoxy) is 3. The molecule has 248 valence electrons. The van der Waals surface area contributed by atoms with E-state index < -0.39 is 58.4 Å². The van der Waals surface area contributed by atoms with Gasteiger partial charge in [-0.1, -0.05) is 109 Å². The van der Waals surface area contributed by atoms with Gasteiger partial charge in [-0.2, -0.15) is 8.96 Å². The third-order valence-electron chi connectivity index (χ3n) is 8.93. The number of rotatable bonds is 8. The highest BCUT2D eigenvalue weighted by Crippen LogP contribution is 2.49. The van der Waals surface area contributed by atoms with Crippen molar-refractivity contribution in [1.82, 2.24) is 9.13 Å². The summed E-state index contributed by atoms with van der Waals surface area (Å²) in [4.78, 5) is 40.0. The topological polar surface area (TPSA) is 88.8 Å². The summed E-state index contributed by atoms with van der Waals surface area (Å²) in [6.07, 6.45) is -1.58. The Hall–Kier alpha value is -5.29. The van der Waals surface area contributed by atoms with Gasteiger partial charge in [0, 0.05) is 11.1 Å². The highest BCUT2D eigenvalue weighted by molar-refractivity contribution is 5.95. The first-order valence-corrected chi connectivity index (χ1v) is 15.8. The highest BCUT2D eigenvalue weighted by atomic mass is 19.1. The summed E-state index contributed by atoms with van der Waals surface area (Å²) in [5.41, 5.74) is -1.49. The summed E-state index contributed by atoms with van der Waals surface area (Å²) in [5, 5.41) is 0. The maximum Gasteiger partial charge on any atom is 0.339 e. The van der Waals surface area contributed by atoms with E-state index in [0.29, 0.717) is 10.8 Å². The van der Waals surface area contributed by atoms with Crippen LogP contribution in [0.5, 0.6) is 0 Å². The molecule has 0 N–H and O–H groups in total. The predicted molar refractivity (Wildman–Crippen MR) is 177 cm³/mol. The number of benzene rings is 4. The van der Waals surface area contributed by atoms with Gasteiger partial charge >= 0.3 is 5.69 Å². The molecule has 0 amide bonds. The van der Waals surface area contributed by atoms with E-state index in [9.17, 15) is 14.4 Å². The first-order chi connectivity index (χ1) is 23.6. The van der Waals surface area contributed by atoms with Gasteiger partial charge in [-0.3, -0.25) is 14.2 Å². The quantitative estimate of drug-likeness (QED) is 0.186. The van der Waals surface area contributed by atoms with E-state index in [2.05, 4.69) is 0 Å². The van der Waals surface area contributed by atoms with Gasteiger partial charge in [0.25, 0.3) is 11.5 Å². The van der Waals surface area contributed by atoms with Crippen LogP contribution in [0.2, 0.25) is 0 Å². The standard InChI is InChI=1S/C39H32F2N2O6/c1-38(2)48-33-29(24-47-39(26-17-9-4-10-18-26,27-19-11-5-12-20-27)28-21-13-6-14-22-28)31(41)32(34(33)49-38)42-23-30(40)36(45)43(37(42)46)35(44)25-15-7-3-8-16-25/h3-23,32-34H,24H2,1-2H3/t32-,33-,34?/m1/s1. The van der Waals surface area contributed by atoms with E-state index in [-0.39, 0.29) is 22.3 Å². The number of carbonyl (C=O) groups is 1. The van der Waals surface area contributed by atoms with E-state index >= 15 is 8.78 Å². The number of hydrogen-bond donors (Lipinski definition) is 0. The maximum atomic E-state index is 16.9. The third kappa shape index (κ3) is 5.57. The molecule has 1 saturated heterocycles. The fourth-order valence-corrected chi connectivity index (χ4v) is 6.78. The molecule has 2 aliphatic rings. The Kier molecular flexibility index (Phi) is 8.32. The molecular weight excluding hydrogens is 630 g/mol. The smallest absolute Gasteiger partial charge is 0.339 e. The minimum absolute atomic E-state index is 0.0195. The van der Waals surface area contributed by atoms with Gasteiger partial charge < -0.3 is 14.2 Å². The molecule has 0 radical (unpaired) electrons. The lowest BCUT2D eigenvalue weighted by Gasteiger charge is -2.36. The van der Waals surface area contributed by atoms with Crippen LogP contribution in [0.15, 0.2) is 149 Å². The third-order valence-corrected chi connectivity index (χ3v) is 8.93. The number of carbonyl (C=O) groups excluding carboxylic acids is 1. The van der Waals surface area contributed by atoms with Gasteiger partial charge in [0.15, 0.2) is 5.79 Å². The van der Waals surface area contributed by atoms with E-state index in [1.165, 1.54) is 12.1 Å². The van der Waals surface area contributed by atoms with E-state index in [4.69, 9.17) is 14.2 Å². The number of hydrogen-bond acceptors (Lipinski definition) is 6. The van der Waals surface area contributed by atoms with Crippen LogP contribution in [0.25, 0.3) is 0 Å². The molecule has 2 heterocycles. The minimum Gasteiger partial charge on any atom is -0.356 e. The Labute approximate surface area is 280 Å². The van der Waals surface area contributed by atoms with Crippen molar-refractivity contribution in [3.05, 3.63) is 188 Å². The number of fused-ring (bicyclic) bond motifs is 1. The van der Waals surface area contributed by atoms with E-state index in [0.717, 1.165) is 16.7 Å². The lowest BCUT2D eigenvalue weighted by atomic mass is 9.80. The van der Waals surface area contributed by atoms with Crippen LogP contribution in [0.4, 0.5) is 8.78 Å². The van der Waals surface area contributed by atoms with Crippen LogP contribution in [0.1, 0.15) is 46.9 Å². The summed E-state index contributed by atoms with van der Waals surface area (Å²) in [6, 6.07) is 34.5. The van der Waals surface area contributed by atoms with Crippen LogP contribution < -0.4 is 11.2 Å². The Morgan fingerprint density at radius 2 is 1.27 bits per heavy atom. The van der Waals surface area contributed by atoms with Gasteiger partial charge in [-0.05, 0) is 42.7 Å². The number of nitrogens with zero attached hydrogens (tertiary/aromatic N) is 2. The summed E-state index contributed by atoms with van der Waals surface area (Å²) in [6.45, 7) is 2.97. The van der Waals surface area contributed by atoms with Gasteiger partial charge in [-0.15, -0.1) is 0 Å². The molecule has 0 saturated carbocycles. The average molecular weight is 663 g/mol. The van der Waals surface area contributed by atoms with E-state index in [1.807, 2.05) is 91.0 Å². The van der Waals surface area contributed by atoms with Crippen molar-refractivity contribution in [3.63, 3.8) is 0 Å². The molecule has 1 aliphatic carbocycles. The zero-order valence-corrected chi connectivity index (χ0v) is 26.7. The monoisotopic (exact) mass is 662 g/mol. The average Bonchev–Trinajstić information content (AvgIpc) is 3.56. The van der Waals surface area contributed by atoms with Gasteiger partial charge in [-0.25, -0.2) is 9.18 Å². The van der Waals surface area contributed by atoms with E-state index in [1.54, 1.807) is 32.0 Å². The Balaban J connectivity index is 1.36. The molecule has 0 spiro atoms. The van der Waals surface area contributed by atoms with Crippen LogP contribution >= 0.6 is 0 Å². The fraction of sp³-hybridized carbons (Fsp3) is 0.205. The Morgan fingerprint density at radius 3 is 1.78 bits per heavy atom. The molecule has 1 fully saturated rings. The first kappa shape index (κ1) is 32.3. The van der Waals surface area contributed by atoms with Crippen molar-refractivity contribution in [2.24, 2.45) is 0 Å². The van der Waals surface area contributed by atoms with Crippen molar-refractivity contribution in [1.29, 1.82) is 0 Å². The second kappa shape index (κ2) is 12.6. The number of aromatic nitrogens is 2. The second-order valence-corrected chi connectivity index (χ2v) is 12.4. The van der Waals surface area contributed by atoms with Crippen molar-refractivity contribution in [2.75, 3.05) is 6.61 Å². The summed E-state index contributed by atoms with van der Waals surface area (Å²) >= 11 is 0. The summed E-state index contributed by atoms with van der Waals surface area (Å²) in [7, 11) is 0. The molecule has 49 heavy (non-hydrogen) atoms. The molecule has 1 unspecified atom stereocenters.